The van der Waals surface area contributed by atoms with Crippen molar-refractivity contribution in [1.82, 2.24) is 25.6 Å². The average Bonchev–Trinajstić information content (AvgIpc) is 3.23. The lowest BCUT2D eigenvalue weighted by Gasteiger charge is -2.32. The fourth-order valence-corrected chi connectivity index (χ4v) is 3.43. The van der Waals surface area contributed by atoms with Gasteiger partial charge in [0.15, 0.2) is 5.82 Å². The molecular weight excluding hydrogens is 378 g/mol. The molecule has 0 bridgehead atoms. The van der Waals surface area contributed by atoms with Crippen LogP contribution in [0.3, 0.4) is 0 Å². The van der Waals surface area contributed by atoms with E-state index < -0.39 is 0 Å². The molecule has 0 saturated carbocycles. The first kappa shape index (κ1) is 18.4. The Morgan fingerprint density at radius 3 is 2.61 bits per heavy atom. The van der Waals surface area contributed by atoms with E-state index in [0.29, 0.717) is 17.3 Å². The van der Waals surface area contributed by atoms with Crippen molar-refractivity contribution in [3.8, 4) is 0 Å². The summed E-state index contributed by atoms with van der Waals surface area (Å²) in [6.45, 7) is 1.60. The van der Waals surface area contributed by atoms with E-state index in [1.54, 1.807) is 6.20 Å². The Morgan fingerprint density at radius 1 is 1.18 bits per heavy atom. The summed E-state index contributed by atoms with van der Waals surface area (Å²) in [5.41, 5.74) is 1.85. The number of halogens is 1. The maximum Gasteiger partial charge on any atom is 0.227 e. The van der Waals surface area contributed by atoms with Gasteiger partial charge in [0.25, 0.3) is 0 Å². The Morgan fingerprint density at radius 2 is 1.96 bits per heavy atom. The average molecular weight is 398 g/mol. The van der Waals surface area contributed by atoms with E-state index in [1.165, 1.54) is 0 Å². The second-order valence-corrected chi connectivity index (χ2v) is 7.22. The zero-order valence-corrected chi connectivity index (χ0v) is 15.9. The summed E-state index contributed by atoms with van der Waals surface area (Å²) < 4.78 is 0. The molecule has 28 heavy (non-hydrogen) atoms. The van der Waals surface area contributed by atoms with E-state index in [-0.39, 0.29) is 11.8 Å². The van der Waals surface area contributed by atoms with Crippen molar-refractivity contribution in [2.75, 3.05) is 23.3 Å². The second-order valence-electron chi connectivity index (χ2n) is 6.79. The summed E-state index contributed by atoms with van der Waals surface area (Å²) in [4.78, 5) is 19.1. The number of piperidine rings is 1. The fourth-order valence-electron chi connectivity index (χ4n) is 3.32. The van der Waals surface area contributed by atoms with Gasteiger partial charge in [-0.15, -0.1) is 10.2 Å². The first-order valence-corrected chi connectivity index (χ1v) is 9.54. The largest absolute Gasteiger partial charge is 0.357 e. The molecule has 1 fully saturated rings. The molecule has 1 saturated heterocycles. The standard InChI is InChI=1S/C19H20ClN7O/c20-15-3-6-18(21-12-15)27-9-7-14(8-10-27)19(28)22-16-4-1-13(2-5-16)11-17-23-25-26-24-17/h1-6,12,14H,7-11H2,(H,22,28)(H,23,24,25,26). The van der Waals surface area contributed by atoms with Gasteiger partial charge >= 0.3 is 0 Å². The van der Waals surface area contributed by atoms with Gasteiger partial charge in [0.05, 0.1) is 5.02 Å². The van der Waals surface area contributed by atoms with Crippen LogP contribution in [-0.2, 0) is 11.2 Å². The van der Waals surface area contributed by atoms with Crippen LogP contribution < -0.4 is 10.2 Å². The highest BCUT2D eigenvalue weighted by Gasteiger charge is 2.25. The number of nitrogens with one attached hydrogen (secondary N) is 2. The predicted molar refractivity (Wildman–Crippen MR) is 106 cm³/mol. The zero-order valence-electron chi connectivity index (χ0n) is 15.2. The lowest BCUT2D eigenvalue weighted by Crippen LogP contribution is -2.38. The summed E-state index contributed by atoms with van der Waals surface area (Å²) in [5, 5.41) is 17.5. The monoisotopic (exact) mass is 397 g/mol. The van der Waals surface area contributed by atoms with Gasteiger partial charge in [-0.1, -0.05) is 28.9 Å². The third kappa shape index (κ3) is 4.45. The Bertz CT molecular complexity index is 904. The van der Waals surface area contributed by atoms with E-state index in [2.05, 4.69) is 35.8 Å². The topological polar surface area (TPSA) is 99.7 Å². The molecule has 3 heterocycles. The number of anilines is 2. The molecular formula is C19H20ClN7O. The molecule has 8 nitrogen and oxygen atoms in total. The minimum atomic E-state index is 0.00237. The first-order chi connectivity index (χ1) is 13.7. The number of benzene rings is 1. The highest BCUT2D eigenvalue weighted by molar-refractivity contribution is 6.30. The third-order valence-electron chi connectivity index (χ3n) is 4.87. The highest BCUT2D eigenvalue weighted by Crippen LogP contribution is 2.24. The number of tetrazole rings is 1. The molecule has 0 unspecified atom stereocenters. The van der Waals surface area contributed by atoms with Crippen LogP contribution in [0.5, 0.6) is 0 Å². The number of pyridine rings is 1. The molecule has 0 aliphatic carbocycles. The summed E-state index contributed by atoms with van der Waals surface area (Å²) in [7, 11) is 0. The minimum absolute atomic E-state index is 0.00237. The molecule has 1 aromatic carbocycles. The van der Waals surface area contributed by atoms with Crippen LogP contribution in [0.25, 0.3) is 0 Å². The van der Waals surface area contributed by atoms with Crippen LogP contribution in [0, 0.1) is 5.92 Å². The number of hydrogen-bond donors (Lipinski definition) is 2. The van der Waals surface area contributed by atoms with E-state index in [4.69, 9.17) is 11.6 Å². The zero-order chi connectivity index (χ0) is 19.3. The molecule has 4 rings (SSSR count). The van der Waals surface area contributed by atoms with Crippen LogP contribution in [0.4, 0.5) is 11.5 Å². The molecule has 1 aliphatic heterocycles. The van der Waals surface area contributed by atoms with Gasteiger partial charge in [0.1, 0.15) is 5.82 Å². The van der Waals surface area contributed by atoms with Crippen molar-refractivity contribution in [2.45, 2.75) is 19.3 Å². The molecule has 0 spiro atoms. The quantitative estimate of drug-likeness (QED) is 0.686. The van der Waals surface area contributed by atoms with Crippen LogP contribution in [0.1, 0.15) is 24.2 Å². The lowest BCUT2D eigenvalue weighted by molar-refractivity contribution is -0.120. The fraction of sp³-hybridized carbons (Fsp3) is 0.316. The Labute approximate surface area is 167 Å². The smallest absolute Gasteiger partial charge is 0.227 e. The number of carbonyl (C=O) groups is 1. The molecule has 2 aromatic heterocycles. The third-order valence-corrected chi connectivity index (χ3v) is 5.10. The van der Waals surface area contributed by atoms with Crippen LogP contribution >= 0.6 is 11.6 Å². The van der Waals surface area contributed by atoms with Gasteiger partial charge in [0, 0.05) is 37.3 Å². The molecule has 0 radical (unpaired) electrons. The molecule has 144 valence electrons. The van der Waals surface area contributed by atoms with Crippen molar-refractivity contribution in [2.24, 2.45) is 5.92 Å². The van der Waals surface area contributed by atoms with Crippen molar-refractivity contribution < 1.29 is 4.79 Å². The van der Waals surface area contributed by atoms with Crippen LogP contribution in [0.15, 0.2) is 42.6 Å². The maximum atomic E-state index is 12.6. The number of amides is 1. The van der Waals surface area contributed by atoms with Gasteiger partial charge in [0.2, 0.25) is 5.91 Å². The predicted octanol–water partition coefficient (Wildman–Crippen LogP) is 2.69. The molecule has 3 aromatic rings. The normalized spacial score (nSPS) is 14.8. The number of aromatic nitrogens is 5. The molecule has 9 heteroatoms. The number of carbonyl (C=O) groups excluding carboxylic acids is 1. The Hall–Kier alpha value is -3.00. The molecule has 1 aliphatic rings. The van der Waals surface area contributed by atoms with Gasteiger partial charge in [-0.2, -0.15) is 5.21 Å². The molecule has 1 amide bonds. The van der Waals surface area contributed by atoms with Gasteiger partial charge in [-0.05, 0) is 42.7 Å². The SMILES string of the molecule is O=C(Nc1ccc(Cc2nn[nH]n2)cc1)C1CCN(c2ccc(Cl)cn2)CC1. The van der Waals surface area contributed by atoms with Gasteiger partial charge in [-0.25, -0.2) is 4.98 Å². The van der Waals surface area contributed by atoms with Crippen LogP contribution in [-0.4, -0.2) is 44.6 Å². The van der Waals surface area contributed by atoms with E-state index in [0.717, 1.165) is 43.0 Å². The van der Waals surface area contributed by atoms with Crippen molar-refractivity contribution in [3.05, 3.63) is 59.0 Å². The highest BCUT2D eigenvalue weighted by atomic mass is 35.5. The number of hydrogen-bond acceptors (Lipinski definition) is 6. The minimum Gasteiger partial charge on any atom is -0.357 e. The summed E-state index contributed by atoms with van der Waals surface area (Å²) >= 11 is 5.89. The maximum absolute atomic E-state index is 12.6. The van der Waals surface area contributed by atoms with E-state index >= 15 is 0 Å². The second kappa shape index (κ2) is 8.35. The summed E-state index contributed by atoms with van der Waals surface area (Å²) in [5.74, 6) is 1.61. The summed E-state index contributed by atoms with van der Waals surface area (Å²) in [6, 6.07) is 11.5. The number of nitrogens with zero attached hydrogens (tertiary/aromatic N) is 5. The van der Waals surface area contributed by atoms with Crippen molar-refractivity contribution in [3.63, 3.8) is 0 Å². The lowest BCUT2D eigenvalue weighted by atomic mass is 9.95. The van der Waals surface area contributed by atoms with Gasteiger partial charge in [-0.3, -0.25) is 4.79 Å². The molecule has 2 N–H and O–H groups in total. The van der Waals surface area contributed by atoms with Crippen molar-refractivity contribution >= 4 is 29.0 Å². The Kier molecular flexibility index (Phi) is 5.48. The van der Waals surface area contributed by atoms with E-state index in [9.17, 15) is 4.79 Å². The Balaban J connectivity index is 1.29. The van der Waals surface area contributed by atoms with E-state index in [1.807, 2.05) is 36.4 Å². The van der Waals surface area contributed by atoms with Gasteiger partial charge < -0.3 is 10.2 Å². The number of aromatic amines is 1. The number of rotatable bonds is 5. The van der Waals surface area contributed by atoms with Crippen molar-refractivity contribution in [1.29, 1.82) is 0 Å². The molecule has 0 atom stereocenters. The summed E-state index contributed by atoms with van der Waals surface area (Å²) in [6.07, 6.45) is 3.85. The van der Waals surface area contributed by atoms with Crippen LogP contribution in [0.2, 0.25) is 5.02 Å². The first-order valence-electron chi connectivity index (χ1n) is 9.16. The number of H-pyrrole nitrogens is 1.